The van der Waals surface area contributed by atoms with Gasteiger partial charge in [0.2, 0.25) is 0 Å². The van der Waals surface area contributed by atoms with E-state index in [1.54, 1.807) is 11.3 Å². The average Bonchev–Trinajstić information content (AvgIpc) is 3.16. The smallest absolute Gasteiger partial charge is 0.123 e. The van der Waals surface area contributed by atoms with Gasteiger partial charge < -0.3 is 5.32 Å². The molecule has 0 radical (unpaired) electrons. The van der Waals surface area contributed by atoms with Crippen LogP contribution >= 0.6 is 11.3 Å². The molecule has 2 nitrogen and oxygen atoms in total. The second kappa shape index (κ2) is 5.43. The molecule has 0 amide bonds. The zero-order chi connectivity index (χ0) is 13.2. The van der Waals surface area contributed by atoms with Crippen molar-refractivity contribution in [3.8, 4) is 10.6 Å². The zero-order valence-corrected chi connectivity index (χ0v) is 12.3. The van der Waals surface area contributed by atoms with Crippen molar-refractivity contribution < 1.29 is 0 Å². The fraction of sp³-hybridized carbons (Fsp3) is 0.438. The Balaban J connectivity index is 1.77. The highest BCUT2D eigenvalue weighted by molar-refractivity contribution is 7.13. The van der Waals surface area contributed by atoms with Gasteiger partial charge in [0.15, 0.2) is 0 Å². The molecular weight excluding hydrogens is 252 g/mol. The second-order valence-corrected chi connectivity index (χ2v) is 6.11. The van der Waals surface area contributed by atoms with E-state index < -0.39 is 0 Å². The van der Waals surface area contributed by atoms with Gasteiger partial charge in [-0.2, -0.15) is 0 Å². The number of hydrogen-bond acceptors (Lipinski definition) is 3. The molecule has 0 saturated heterocycles. The lowest BCUT2D eigenvalue weighted by atomic mass is 10.1. The van der Waals surface area contributed by atoms with Crippen molar-refractivity contribution in [3.05, 3.63) is 40.9 Å². The molecule has 0 aliphatic heterocycles. The number of nitrogens with one attached hydrogen (secondary N) is 1. The van der Waals surface area contributed by atoms with Gasteiger partial charge in [-0.3, -0.25) is 0 Å². The van der Waals surface area contributed by atoms with Crippen LogP contribution in [0.1, 0.15) is 49.9 Å². The quantitative estimate of drug-likeness (QED) is 0.875. The Morgan fingerprint density at radius 3 is 2.68 bits per heavy atom. The third kappa shape index (κ3) is 2.88. The van der Waals surface area contributed by atoms with Gasteiger partial charge in [-0.1, -0.05) is 31.2 Å². The van der Waals surface area contributed by atoms with Crippen molar-refractivity contribution >= 4 is 11.3 Å². The van der Waals surface area contributed by atoms with Crippen LogP contribution in [-0.4, -0.2) is 11.5 Å². The van der Waals surface area contributed by atoms with Crippen molar-refractivity contribution in [3.63, 3.8) is 0 Å². The minimum atomic E-state index is 0.334. The van der Waals surface area contributed by atoms with E-state index in [0.717, 1.165) is 23.2 Å². The number of nitrogens with zero attached hydrogens (tertiary/aromatic N) is 1. The topological polar surface area (TPSA) is 24.9 Å². The summed E-state index contributed by atoms with van der Waals surface area (Å²) in [5.74, 6) is 0.828. The number of hydrogen-bond donors (Lipinski definition) is 1. The molecule has 1 N–H and O–H groups in total. The summed E-state index contributed by atoms with van der Waals surface area (Å²) in [7, 11) is 0. The standard InChI is InChI=1S/C16H20N2S/c1-3-17-11(2)15-10-19-16(18-15)14-8-6-13(7-9-14)12-4-5-12/h6-12,17H,3-5H2,1-2H3. The lowest BCUT2D eigenvalue weighted by Crippen LogP contribution is -2.17. The highest BCUT2D eigenvalue weighted by Crippen LogP contribution is 2.40. The predicted octanol–water partition coefficient (Wildman–Crippen LogP) is 4.36. The number of aromatic nitrogens is 1. The maximum absolute atomic E-state index is 4.75. The molecular formula is C16H20N2S. The molecule has 19 heavy (non-hydrogen) atoms. The molecule has 100 valence electrons. The van der Waals surface area contributed by atoms with Crippen molar-refractivity contribution in [1.82, 2.24) is 10.3 Å². The molecule has 1 aromatic heterocycles. The first-order chi connectivity index (χ1) is 9.28. The molecule has 1 fully saturated rings. The van der Waals surface area contributed by atoms with Crippen molar-refractivity contribution in [1.29, 1.82) is 0 Å². The lowest BCUT2D eigenvalue weighted by Gasteiger charge is -2.08. The highest BCUT2D eigenvalue weighted by Gasteiger charge is 2.23. The Labute approximate surface area is 118 Å². The van der Waals surface area contributed by atoms with E-state index in [-0.39, 0.29) is 0 Å². The Hall–Kier alpha value is -1.19. The van der Waals surface area contributed by atoms with Crippen LogP contribution in [0, 0.1) is 0 Å². The van der Waals surface area contributed by atoms with Gasteiger partial charge in [0.05, 0.1) is 5.69 Å². The highest BCUT2D eigenvalue weighted by atomic mass is 32.1. The van der Waals surface area contributed by atoms with E-state index in [2.05, 4.69) is 48.8 Å². The van der Waals surface area contributed by atoms with E-state index in [1.807, 2.05) is 0 Å². The maximum Gasteiger partial charge on any atom is 0.123 e. The van der Waals surface area contributed by atoms with Crippen LogP contribution in [0.4, 0.5) is 0 Å². The first kappa shape index (κ1) is 12.8. The maximum atomic E-state index is 4.75. The Bertz CT molecular complexity index is 540. The summed E-state index contributed by atoms with van der Waals surface area (Å²) in [6, 6.07) is 9.30. The normalized spacial score (nSPS) is 16.5. The monoisotopic (exact) mass is 272 g/mol. The van der Waals surface area contributed by atoms with Gasteiger partial charge in [-0.25, -0.2) is 4.98 Å². The fourth-order valence-electron chi connectivity index (χ4n) is 2.34. The van der Waals surface area contributed by atoms with E-state index in [9.17, 15) is 0 Å². The molecule has 0 bridgehead atoms. The SMILES string of the molecule is CCNC(C)c1csc(-c2ccc(C3CC3)cc2)n1. The van der Waals surface area contributed by atoms with Gasteiger partial charge in [-0.15, -0.1) is 11.3 Å². The summed E-state index contributed by atoms with van der Waals surface area (Å²) in [4.78, 5) is 4.75. The molecule has 1 aliphatic rings. The summed E-state index contributed by atoms with van der Waals surface area (Å²) in [5, 5.41) is 6.69. The van der Waals surface area contributed by atoms with Crippen LogP contribution in [0.15, 0.2) is 29.6 Å². The summed E-state index contributed by atoms with van der Waals surface area (Å²) in [6.45, 7) is 5.27. The molecule has 1 heterocycles. The summed E-state index contributed by atoms with van der Waals surface area (Å²) < 4.78 is 0. The van der Waals surface area contributed by atoms with Crippen molar-refractivity contribution in [2.45, 2.75) is 38.6 Å². The lowest BCUT2D eigenvalue weighted by molar-refractivity contribution is 0.587. The van der Waals surface area contributed by atoms with Crippen LogP contribution in [-0.2, 0) is 0 Å². The molecule has 1 aromatic carbocycles. The van der Waals surface area contributed by atoms with E-state index >= 15 is 0 Å². The molecule has 1 saturated carbocycles. The number of rotatable bonds is 5. The number of benzene rings is 1. The third-order valence-electron chi connectivity index (χ3n) is 3.68. The Kier molecular flexibility index (Phi) is 3.67. The zero-order valence-electron chi connectivity index (χ0n) is 11.5. The van der Waals surface area contributed by atoms with Gasteiger partial charge in [0.1, 0.15) is 5.01 Å². The van der Waals surface area contributed by atoms with Crippen LogP contribution < -0.4 is 5.32 Å². The van der Waals surface area contributed by atoms with Gasteiger partial charge in [0.25, 0.3) is 0 Å². The third-order valence-corrected chi connectivity index (χ3v) is 4.59. The molecule has 1 unspecified atom stereocenters. The molecule has 3 heteroatoms. The van der Waals surface area contributed by atoms with E-state index in [0.29, 0.717) is 6.04 Å². The predicted molar refractivity (Wildman–Crippen MR) is 81.6 cm³/mol. The van der Waals surface area contributed by atoms with Gasteiger partial charge >= 0.3 is 0 Å². The fourth-order valence-corrected chi connectivity index (χ4v) is 3.26. The Morgan fingerprint density at radius 2 is 2.05 bits per heavy atom. The minimum absolute atomic E-state index is 0.334. The summed E-state index contributed by atoms with van der Waals surface area (Å²) >= 11 is 1.74. The summed E-state index contributed by atoms with van der Waals surface area (Å²) in [6.07, 6.45) is 2.72. The molecule has 1 atom stereocenters. The van der Waals surface area contributed by atoms with Crippen LogP contribution in [0.5, 0.6) is 0 Å². The molecule has 1 aliphatic carbocycles. The van der Waals surface area contributed by atoms with Crippen LogP contribution in [0.2, 0.25) is 0 Å². The summed E-state index contributed by atoms with van der Waals surface area (Å²) in [5.41, 5.74) is 3.87. The van der Waals surface area contributed by atoms with Crippen LogP contribution in [0.3, 0.4) is 0 Å². The van der Waals surface area contributed by atoms with Gasteiger partial charge in [-0.05, 0) is 37.8 Å². The van der Waals surface area contributed by atoms with Crippen molar-refractivity contribution in [2.24, 2.45) is 0 Å². The molecule has 3 rings (SSSR count). The first-order valence-corrected chi connectivity index (χ1v) is 7.95. The largest absolute Gasteiger partial charge is 0.309 e. The molecule has 2 aromatic rings. The minimum Gasteiger partial charge on any atom is -0.309 e. The average molecular weight is 272 g/mol. The van der Waals surface area contributed by atoms with Crippen molar-refractivity contribution in [2.75, 3.05) is 6.54 Å². The Morgan fingerprint density at radius 1 is 1.32 bits per heavy atom. The number of thiazole rings is 1. The van der Waals surface area contributed by atoms with Gasteiger partial charge in [0, 0.05) is 17.0 Å². The van der Waals surface area contributed by atoms with Crippen LogP contribution in [0.25, 0.3) is 10.6 Å². The van der Waals surface area contributed by atoms with E-state index in [1.165, 1.54) is 24.0 Å². The molecule has 0 spiro atoms. The van der Waals surface area contributed by atoms with E-state index in [4.69, 9.17) is 4.98 Å². The second-order valence-electron chi connectivity index (χ2n) is 5.25. The first-order valence-electron chi connectivity index (χ1n) is 7.07.